The first-order chi connectivity index (χ1) is 13.0. The molecule has 144 valence electrons. The fourth-order valence-corrected chi connectivity index (χ4v) is 3.80. The Bertz CT molecular complexity index is 823. The van der Waals surface area contributed by atoms with Gasteiger partial charge in [0.15, 0.2) is 11.5 Å². The number of nitrogens with zero attached hydrogens (tertiary/aromatic N) is 1. The van der Waals surface area contributed by atoms with Crippen molar-refractivity contribution in [3.05, 3.63) is 41.9 Å². The van der Waals surface area contributed by atoms with Crippen molar-refractivity contribution >= 4 is 11.6 Å². The maximum atomic E-state index is 12.4. The van der Waals surface area contributed by atoms with E-state index in [2.05, 4.69) is 5.32 Å². The van der Waals surface area contributed by atoms with Crippen LogP contribution in [0.1, 0.15) is 43.6 Å². The van der Waals surface area contributed by atoms with Crippen LogP contribution in [0.15, 0.2) is 34.7 Å². The average molecular weight is 370 g/mol. The normalized spacial score (nSPS) is 17.4. The molecule has 1 fully saturated rings. The maximum absolute atomic E-state index is 12.4. The number of fused-ring (bicyclic) bond motifs is 1. The van der Waals surface area contributed by atoms with E-state index in [1.807, 2.05) is 49.2 Å². The van der Waals surface area contributed by atoms with Crippen molar-refractivity contribution in [3.63, 3.8) is 0 Å². The summed E-state index contributed by atoms with van der Waals surface area (Å²) in [7, 11) is 1.89. The Morgan fingerprint density at radius 2 is 1.89 bits per heavy atom. The van der Waals surface area contributed by atoms with Gasteiger partial charge in [-0.3, -0.25) is 9.69 Å². The van der Waals surface area contributed by atoms with Gasteiger partial charge in [-0.2, -0.15) is 0 Å². The Labute approximate surface area is 159 Å². The van der Waals surface area contributed by atoms with E-state index >= 15 is 0 Å². The first-order valence-corrected chi connectivity index (χ1v) is 9.57. The Kier molecular flexibility index (Phi) is 4.83. The van der Waals surface area contributed by atoms with E-state index in [1.165, 1.54) is 6.42 Å². The van der Waals surface area contributed by atoms with Gasteiger partial charge in [-0.15, -0.1) is 0 Å². The Morgan fingerprint density at radius 1 is 1.11 bits per heavy atom. The summed E-state index contributed by atoms with van der Waals surface area (Å²) in [6.45, 7) is 2.77. The number of benzene rings is 1. The molecule has 1 spiro atoms. The summed E-state index contributed by atoms with van der Waals surface area (Å²) >= 11 is 0. The molecule has 6 heteroatoms. The second-order valence-corrected chi connectivity index (χ2v) is 7.57. The lowest BCUT2D eigenvalue weighted by Crippen LogP contribution is -2.40. The summed E-state index contributed by atoms with van der Waals surface area (Å²) in [5, 5.41) is 2.94. The van der Waals surface area contributed by atoms with Gasteiger partial charge in [0, 0.05) is 24.6 Å². The van der Waals surface area contributed by atoms with Crippen LogP contribution in [-0.4, -0.2) is 30.2 Å². The molecule has 6 nitrogen and oxygen atoms in total. The molecule has 2 aromatic rings. The molecule has 1 aliphatic carbocycles. The summed E-state index contributed by atoms with van der Waals surface area (Å²) < 4.78 is 17.8. The van der Waals surface area contributed by atoms with Crippen molar-refractivity contribution in [1.82, 2.24) is 4.90 Å². The van der Waals surface area contributed by atoms with E-state index < -0.39 is 5.79 Å². The minimum absolute atomic E-state index is 0.0768. The van der Waals surface area contributed by atoms with Crippen LogP contribution in [0.2, 0.25) is 0 Å². The highest BCUT2D eigenvalue weighted by molar-refractivity contribution is 5.92. The minimum atomic E-state index is -0.495. The third-order valence-electron chi connectivity index (χ3n) is 5.07. The average Bonchev–Trinajstić information content (AvgIpc) is 3.17. The number of amides is 1. The monoisotopic (exact) mass is 370 g/mol. The topological polar surface area (TPSA) is 63.9 Å². The van der Waals surface area contributed by atoms with Crippen LogP contribution in [0.25, 0.3) is 0 Å². The third-order valence-corrected chi connectivity index (χ3v) is 5.07. The number of carbonyl (C=O) groups excluding carboxylic acids is 1. The number of rotatable bonds is 5. The first kappa shape index (κ1) is 17.9. The van der Waals surface area contributed by atoms with E-state index in [4.69, 9.17) is 13.9 Å². The molecule has 1 saturated carbocycles. The maximum Gasteiger partial charge on any atom is 0.251 e. The van der Waals surface area contributed by atoms with Gasteiger partial charge in [-0.25, -0.2) is 0 Å². The fraction of sp³-hybridized carbons (Fsp3) is 0.476. The van der Waals surface area contributed by atoms with Crippen molar-refractivity contribution in [3.8, 4) is 11.5 Å². The number of likely N-dealkylation sites (N-methyl/N-ethyl adjacent to an activating group) is 1. The number of carbonyl (C=O) groups is 1. The lowest BCUT2D eigenvalue weighted by Gasteiger charge is -2.31. The standard InChI is InChI=1S/C21H26N2O4/c1-15-6-8-17(25-15)13-23(2)14-20(24)22-16-7-9-18-19(12-16)27-21(26-18)10-4-3-5-11-21/h6-9,12H,3-5,10-11,13-14H2,1-2H3,(H,22,24). The zero-order chi connectivity index (χ0) is 18.9. The predicted octanol–water partition coefficient (Wildman–Crippen LogP) is 4.09. The predicted molar refractivity (Wildman–Crippen MR) is 102 cm³/mol. The molecule has 1 aromatic heterocycles. The Morgan fingerprint density at radius 3 is 2.63 bits per heavy atom. The van der Waals surface area contributed by atoms with Gasteiger partial charge in [0.2, 0.25) is 5.91 Å². The summed E-state index contributed by atoms with van der Waals surface area (Å²) in [5.41, 5.74) is 0.720. The van der Waals surface area contributed by atoms with Gasteiger partial charge >= 0.3 is 0 Å². The summed E-state index contributed by atoms with van der Waals surface area (Å²) in [6, 6.07) is 9.45. The summed E-state index contributed by atoms with van der Waals surface area (Å²) in [5.74, 6) is 2.63. The van der Waals surface area contributed by atoms with Crippen molar-refractivity contribution in [2.45, 2.75) is 51.4 Å². The molecule has 0 saturated heterocycles. The zero-order valence-electron chi connectivity index (χ0n) is 15.9. The highest BCUT2D eigenvalue weighted by Crippen LogP contribution is 2.46. The number of ether oxygens (including phenoxy) is 2. The molecule has 1 N–H and O–H groups in total. The van der Waals surface area contributed by atoms with Crippen LogP contribution >= 0.6 is 0 Å². The van der Waals surface area contributed by atoms with Crippen LogP contribution in [0.5, 0.6) is 11.5 Å². The summed E-state index contributed by atoms with van der Waals surface area (Å²) in [4.78, 5) is 14.3. The largest absolute Gasteiger partial charge is 0.465 e. The van der Waals surface area contributed by atoms with E-state index in [-0.39, 0.29) is 12.5 Å². The molecule has 0 radical (unpaired) electrons. The van der Waals surface area contributed by atoms with Gasteiger partial charge in [-0.05, 0) is 51.1 Å². The number of hydrogen-bond donors (Lipinski definition) is 1. The van der Waals surface area contributed by atoms with E-state index in [0.717, 1.165) is 48.6 Å². The quantitative estimate of drug-likeness (QED) is 0.859. The molecule has 2 heterocycles. The van der Waals surface area contributed by atoms with Gasteiger partial charge in [0.05, 0.1) is 13.1 Å². The molecule has 2 aliphatic rings. The van der Waals surface area contributed by atoms with Gasteiger partial charge < -0.3 is 19.2 Å². The molecule has 0 atom stereocenters. The van der Waals surface area contributed by atoms with Crippen LogP contribution < -0.4 is 14.8 Å². The number of anilines is 1. The number of aryl methyl sites for hydroxylation is 1. The van der Waals surface area contributed by atoms with Gasteiger partial charge in [0.25, 0.3) is 5.79 Å². The molecule has 1 aliphatic heterocycles. The van der Waals surface area contributed by atoms with Gasteiger partial charge in [0.1, 0.15) is 11.5 Å². The molecule has 0 bridgehead atoms. The van der Waals surface area contributed by atoms with E-state index in [1.54, 1.807) is 0 Å². The molecule has 27 heavy (non-hydrogen) atoms. The van der Waals surface area contributed by atoms with Crippen LogP contribution in [0, 0.1) is 6.92 Å². The van der Waals surface area contributed by atoms with Crippen molar-refractivity contribution in [2.24, 2.45) is 0 Å². The van der Waals surface area contributed by atoms with Crippen LogP contribution in [0.4, 0.5) is 5.69 Å². The van der Waals surface area contributed by atoms with Crippen molar-refractivity contribution < 1.29 is 18.7 Å². The first-order valence-electron chi connectivity index (χ1n) is 9.57. The zero-order valence-corrected chi connectivity index (χ0v) is 15.9. The molecule has 4 rings (SSSR count). The lowest BCUT2D eigenvalue weighted by molar-refractivity contribution is -0.117. The number of furan rings is 1. The Hall–Kier alpha value is -2.47. The fourth-order valence-electron chi connectivity index (χ4n) is 3.80. The third kappa shape index (κ3) is 4.11. The molecular formula is C21H26N2O4. The summed E-state index contributed by atoms with van der Waals surface area (Å²) in [6.07, 6.45) is 5.32. The lowest BCUT2D eigenvalue weighted by atomic mass is 9.94. The van der Waals surface area contributed by atoms with Crippen LogP contribution in [0.3, 0.4) is 0 Å². The van der Waals surface area contributed by atoms with E-state index in [0.29, 0.717) is 12.3 Å². The molecule has 1 amide bonds. The minimum Gasteiger partial charge on any atom is -0.465 e. The number of nitrogens with one attached hydrogen (secondary N) is 1. The highest BCUT2D eigenvalue weighted by Gasteiger charge is 2.42. The van der Waals surface area contributed by atoms with Gasteiger partial charge in [-0.1, -0.05) is 6.42 Å². The molecule has 0 unspecified atom stereocenters. The smallest absolute Gasteiger partial charge is 0.251 e. The SMILES string of the molecule is Cc1ccc(CN(C)CC(=O)Nc2ccc3c(c2)OC2(CCCCC2)O3)o1. The second kappa shape index (κ2) is 7.27. The van der Waals surface area contributed by atoms with E-state index in [9.17, 15) is 4.79 Å². The van der Waals surface area contributed by atoms with Crippen molar-refractivity contribution in [2.75, 3.05) is 18.9 Å². The second-order valence-electron chi connectivity index (χ2n) is 7.57. The van der Waals surface area contributed by atoms with Crippen molar-refractivity contribution in [1.29, 1.82) is 0 Å². The number of hydrogen-bond acceptors (Lipinski definition) is 5. The van der Waals surface area contributed by atoms with Crippen LogP contribution in [-0.2, 0) is 11.3 Å². The molecule has 1 aromatic carbocycles. The highest BCUT2D eigenvalue weighted by atomic mass is 16.7. The molecular weight excluding hydrogens is 344 g/mol. The Balaban J connectivity index is 1.33.